The van der Waals surface area contributed by atoms with Gasteiger partial charge in [-0.3, -0.25) is 4.79 Å². The molecule has 0 saturated carbocycles. The van der Waals surface area contributed by atoms with Gasteiger partial charge in [0, 0.05) is 23.0 Å². The summed E-state index contributed by atoms with van der Waals surface area (Å²) in [5, 5.41) is 0.711. The van der Waals surface area contributed by atoms with Crippen LogP contribution in [0.4, 0.5) is 10.5 Å². The van der Waals surface area contributed by atoms with E-state index in [4.69, 9.17) is 11.6 Å². The van der Waals surface area contributed by atoms with Crippen LogP contribution in [0, 0.1) is 0 Å². The standard InChI is InChI=1S/C12H14ClNOS/c1-4-9(2)16-12(15)14(3)11-7-5-6-10(13)8-11/h4-9H,1H2,2-3H3. The maximum atomic E-state index is 11.8. The zero-order chi connectivity index (χ0) is 12.1. The van der Waals surface area contributed by atoms with Crippen molar-refractivity contribution in [1.29, 1.82) is 0 Å². The Labute approximate surface area is 105 Å². The number of benzene rings is 1. The van der Waals surface area contributed by atoms with Gasteiger partial charge < -0.3 is 4.90 Å². The molecule has 0 saturated heterocycles. The van der Waals surface area contributed by atoms with Crippen LogP contribution < -0.4 is 4.90 Å². The van der Waals surface area contributed by atoms with E-state index in [1.54, 1.807) is 30.2 Å². The van der Waals surface area contributed by atoms with Crippen LogP contribution in [0.1, 0.15) is 6.92 Å². The van der Waals surface area contributed by atoms with Gasteiger partial charge in [-0.15, -0.1) is 6.58 Å². The fraction of sp³-hybridized carbons (Fsp3) is 0.250. The lowest BCUT2D eigenvalue weighted by Crippen LogP contribution is -2.23. The topological polar surface area (TPSA) is 20.3 Å². The van der Waals surface area contributed by atoms with E-state index in [0.717, 1.165) is 5.69 Å². The Morgan fingerprint density at radius 1 is 1.62 bits per heavy atom. The summed E-state index contributed by atoms with van der Waals surface area (Å²) in [6.07, 6.45) is 1.74. The van der Waals surface area contributed by atoms with E-state index in [0.29, 0.717) is 5.02 Å². The number of anilines is 1. The molecule has 4 heteroatoms. The van der Waals surface area contributed by atoms with Crippen LogP contribution in [0.15, 0.2) is 36.9 Å². The molecule has 16 heavy (non-hydrogen) atoms. The van der Waals surface area contributed by atoms with E-state index >= 15 is 0 Å². The SMILES string of the molecule is C=CC(C)SC(=O)N(C)c1cccc(Cl)c1. The van der Waals surface area contributed by atoms with Crippen molar-refractivity contribution >= 4 is 34.3 Å². The van der Waals surface area contributed by atoms with Gasteiger partial charge in [0.05, 0.1) is 0 Å². The summed E-state index contributed by atoms with van der Waals surface area (Å²) < 4.78 is 0. The molecule has 0 bridgehead atoms. The van der Waals surface area contributed by atoms with Gasteiger partial charge in [-0.2, -0.15) is 0 Å². The normalized spacial score (nSPS) is 11.9. The second-order valence-corrected chi connectivity index (χ2v) is 5.13. The molecular formula is C12H14ClNOS. The van der Waals surface area contributed by atoms with Crippen LogP contribution in [0.25, 0.3) is 0 Å². The molecule has 0 aliphatic heterocycles. The summed E-state index contributed by atoms with van der Waals surface area (Å²) in [6, 6.07) is 7.22. The molecule has 0 fully saturated rings. The Morgan fingerprint density at radius 3 is 2.88 bits per heavy atom. The number of hydrogen-bond donors (Lipinski definition) is 0. The van der Waals surface area contributed by atoms with Gasteiger partial charge in [0.15, 0.2) is 0 Å². The highest BCUT2D eigenvalue weighted by Gasteiger charge is 2.13. The van der Waals surface area contributed by atoms with Crippen LogP contribution >= 0.6 is 23.4 Å². The minimum atomic E-state index is -0.0188. The van der Waals surface area contributed by atoms with Gasteiger partial charge in [-0.1, -0.05) is 35.5 Å². The molecule has 0 N–H and O–H groups in total. The monoisotopic (exact) mass is 255 g/mol. The summed E-state index contributed by atoms with van der Waals surface area (Å²) in [5.74, 6) is 0. The predicted molar refractivity (Wildman–Crippen MR) is 72.5 cm³/mol. The average molecular weight is 256 g/mol. The number of nitrogens with zero attached hydrogens (tertiary/aromatic N) is 1. The van der Waals surface area contributed by atoms with Crippen LogP contribution in [0.3, 0.4) is 0 Å². The highest BCUT2D eigenvalue weighted by molar-refractivity contribution is 8.14. The van der Waals surface area contributed by atoms with Crippen molar-refractivity contribution in [3.63, 3.8) is 0 Å². The van der Waals surface area contributed by atoms with E-state index in [2.05, 4.69) is 6.58 Å². The van der Waals surface area contributed by atoms with Crippen molar-refractivity contribution in [2.75, 3.05) is 11.9 Å². The number of amides is 1. The van der Waals surface area contributed by atoms with Crippen molar-refractivity contribution in [2.24, 2.45) is 0 Å². The molecule has 0 spiro atoms. The molecule has 86 valence electrons. The molecule has 1 rings (SSSR count). The lowest BCUT2D eigenvalue weighted by Gasteiger charge is -2.18. The summed E-state index contributed by atoms with van der Waals surface area (Å²) in [6.45, 7) is 5.58. The van der Waals surface area contributed by atoms with Gasteiger partial charge >= 0.3 is 0 Å². The largest absolute Gasteiger partial charge is 0.306 e. The third kappa shape index (κ3) is 3.58. The number of thioether (sulfide) groups is 1. The van der Waals surface area contributed by atoms with Crippen molar-refractivity contribution in [2.45, 2.75) is 12.2 Å². The molecule has 1 aromatic carbocycles. The molecular weight excluding hydrogens is 242 g/mol. The smallest absolute Gasteiger partial charge is 0.286 e. The second-order valence-electron chi connectivity index (χ2n) is 3.36. The number of carbonyl (C=O) groups excluding carboxylic acids is 1. The quantitative estimate of drug-likeness (QED) is 0.755. The van der Waals surface area contributed by atoms with Crippen LogP contribution in [0.2, 0.25) is 5.02 Å². The number of halogens is 1. The molecule has 0 aliphatic rings. The first-order valence-electron chi connectivity index (χ1n) is 4.87. The minimum Gasteiger partial charge on any atom is -0.306 e. The van der Waals surface area contributed by atoms with E-state index in [1.807, 2.05) is 19.1 Å². The Hall–Kier alpha value is -0.930. The molecule has 2 nitrogen and oxygen atoms in total. The third-order valence-corrected chi connectivity index (χ3v) is 3.36. The number of hydrogen-bond acceptors (Lipinski definition) is 2. The van der Waals surface area contributed by atoms with Crippen molar-refractivity contribution in [3.8, 4) is 0 Å². The zero-order valence-electron chi connectivity index (χ0n) is 9.31. The maximum absolute atomic E-state index is 11.8. The molecule has 0 heterocycles. The first kappa shape index (κ1) is 13.1. The molecule has 0 aromatic heterocycles. The van der Waals surface area contributed by atoms with Gasteiger partial charge in [0.2, 0.25) is 0 Å². The molecule has 1 amide bonds. The van der Waals surface area contributed by atoms with Gasteiger partial charge in [0.25, 0.3) is 5.24 Å². The molecule has 1 aromatic rings. The number of rotatable bonds is 3. The first-order valence-corrected chi connectivity index (χ1v) is 6.13. The highest BCUT2D eigenvalue weighted by Crippen LogP contribution is 2.23. The van der Waals surface area contributed by atoms with Crippen LogP contribution in [0.5, 0.6) is 0 Å². The Bertz CT molecular complexity index is 394. The van der Waals surface area contributed by atoms with Gasteiger partial charge in [-0.25, -0.2) is 0 Å². The third-order valence-electron chi connectivity index (χ3n) is 2.09. The summed E-state index contributed by atoms with van der Waals surface area (Å²) in [7, 11) is 1.73. The molecule has 0 aliphatic carbocycles. The van der Waals surface area contributed by atoms with E-state index < -0.39 is 0 Å². The van der Waals surface area contributed by atoms with Gasteiger partial charge in [-0.05, 0) is 25.1 Å². The zero-order valence-corrected chi connectivity index (χ0v) is 10.9. The second kappa shape index (κ2) is 5.97. The molecule has 1 unspecified atom stereocenters. The van der Waals surface area contributed by atoms with Gasteiger partial charge in [0.1, 0.15) is 0 Å². The fourth-order valence-electron chi connectivity index (χ4n) is 1.08. The predicted octanol–water partition coefficient (Wildman–Crippen LogP) is 4.20. The van der Waals surface area contributed by atoms with E-state index in [1.165, 1.54) is 11.8 Å². The lowest BCUT2D eigenvalue weighted by molar-refractivity contribution is 0.266. The number of carbonyl (C=O) groups is 1. The Balaban J connectivity index is 2.74. The van der Waals surface area contributed by atoms with Crippen molar-refractivity contribution < 1.29 is 4.79 Å². The minimum absolute atomic E-state index is 0.0188. The maximum Gasteiger partial charge on any atom is 0.286 e. The first-order chi connectivity index (χ1) is 7.54. The van der Waals surface area contributed by atoms with Crippen molar-refractivity contribution in [1.82, 2.24) is 0 Å². The van der Waals surface area contributed by atoms with E-state index in [9.17, 15) is 4.79 Å². The van der Waals surface area contributed by atoms with Crippen molar-refractivity contribution in [3.05, 3.63) is 41.9 Å². The van der Waals surface area contributed by atoms with Crippen LogP contribution in [-0.4, -0.2) is 17.5 Å². The lowest BCUT2D eigenvalue weighted by atomic mass is 10.3. The van der Waals surface area contributed by atoms with E-state index in [-0.39, 0.29) is 10.5 Å². The molecule has 0 radical (unpaired) electrons. The summed E-state index contributed by atoms with van der Waals surface area (Å²) in [5.41, 5.74) is 0.793. The Kier molecular flexibility index (Phi) is 4.90. The highest BCUT2D eigenvalue weighted by atomic mass is 35.5. The molecule has 1 atom stereocenters. The summed E-state index contributed by atoms with van der Waals surface area (Å²) in [4.78, 5) is 13.4. The Morgan fingerprint density at radius 2 is 2.31 bits per heavy atom. The van der Waals surface area contributed by atoms with Crippen LogP contribution in [-0.2, 0) is 0 Å². The average Bonchev–Trinajstić information content (AvgIpc) is 2.27. The fourth-order valence-corrected chi connectivity index (χ4v) is 1.94. The summed E-state index contributed by atoms with van der Waals surface area (Å²) >= 11 is 7.10.